The molecule has 0 saturated carbocycles. The minimum atomic E-state index is -0.938. The molecule has 1 aromatic rings. The lowest BCUT2D eigenvalue weighted by Gasteiger charge is -2.24. The van der Waals surface area contributed by atoms with E-state index in [0.29, 0.717) is 0 Å². The quantitative estimate of drug-likeness (QED) is 0.715. The molecular formula is C11H13NO2. The zero-order valence-corrected chi connectivity index (χ0v) is 7.86. The van der Waals surface area contributed by atoms with Crippen LogP contribution in [0.5, 0.6) is 0 Å². The first-order valence-corrected chi connectivity index (χ1v) is 4.84. The molecule has 0 radical (unpaired) electrons. The van der Waals surface area contributed by atoms with E-state index in [1.807, 2.05) is 18.2 Å². The van der Waals surface area contributed by atoms with Crippen molar-refractivity contribution in [3.05, 3.63) is 35.4 Å². The molecule has 2 N–H and O–H groups in total. The van der Waals surface area contributed by atoms with Gasteiger partial charge in [-0.2, -0.15) is 0 Å². The number of nitrogens with one attached hydrogen (secondary N) is 1. The van der Waals surface area contributed by atoms with Crippen molar-refractivity contribution in [2.24, 2.45) is 0 Å². The number of aryl methyl sites for hydroxylation is 1. The normalized spacial score (nSPS) is 19.9. The Kier molecular flexibility index (Phi) is 2.39. The maximum atomic E-state index is 10.6. The van der Waals surface area contributed by atoms with E-state index in [-0.39, 0.29) is 6.04 Å². The number of hydrogen-bond acceptors (Lipinski definition) is 1. The van der Waals surface area contributed by atoms with Gasteiger partial charge in [0.25, 0.3) is 0 Å². The lowest BCUT2D eigenvalue weighted by molar-refractivity contribution is 0.188. The summed E-state index contributed by atoms with van der Waals surface area (Å²) in [5.41, 5.74) is 2.42. The van der Waals surface area contributed by atoms with Gasteiger partial charge >= 0.3 is 6.09 Å². The van der Waals surface area contributed by atoms with Gasteiger partial charge < -0.3 is 10.4 Å². The summed E-state index contributed by atoms with van der Waals surface area (Å²) in [5.74, 6) is 0. The molecule has 0 bridgehead atoms. The molecule has 1 aliphatic carbocycles. The molecule has 1 atom stereocenters. The van der Waals surface area contributed by atoms with Crippen LogP contribution in [0.3, 0.4) is 0 Å². The fourth-order valence-electron chi connectivity index (χ4n) is 2.05. The molecule has 0 aromatic heterocycles. The summed E-state index contributed by atoms with van der Waals surface area (Å²) >= 11 is 0. The Hall–Kier alpha value is -1.51. The number of carbonyl (C=O) groups is 1. The molecule has 14 heavy (non-hydrogen) atoms. The van der Waals surface area contributed by atoms with Crippen molar-refractivity contribution < 1.29 is 9.90 Å². The minimum absolute atomic E-state index is 0.0163. The average Bonchev–Trinajstić information content (AvgIpc) is 2.18. The van der Waals surface area contributed by atoms with Crippen molar-refractivity contribution in [3.8, 4) is 0 Å². The summed E-state index contributed by atoms with van der Waals surface area (Å²) < 4.78 is 0. The summed E-state index contributed by atoms with van der Waals surface area (Å²) in [4.78, 5) is 10.6. The van der Waals surface area contributed by atoms with E-state index in [0.717, 1.165) is 24.8 Å². The molecule has 1 aliphatic rings. The average molecular weight is 191 g/mol. The number of rotatable bonds is 1. The third kappa shape index (κ3) is 1.71. The highest BCUT2D eigenvalue weighted by atomic mass is 16.4. The van der Waals surface area contributed by atoms with Crippen molar-refractivity contribution in [2.75, 3.05) is 0 Å². The lowest BCUT2D eigenvalue weighted by atomic mass is 9.88. The van der Waals surface area contributed by atoms with Crippen molar-refractivity contribution in [3.63, 3.8) is 0 Å². The largest absolute Gasteiger partial charge is 0.465 e. The fraction of sp³-hybridized carbons (Fsp3) is 0.364. The third-order valence-electron chi connectivity index (χ3n) is 2.67. The fourth-order valence-corrected chi connectivity index (χ4v) is 2.05. The SMILES string of the molecule is O=C(O)N[C@H]1CCCc2ccccc21. The molecule has 0 fully saturated rings. The van der Waals surface area contributed by atoms with Crippen LogP contribution < -0.4 is 5.32 Å². The molecule has 74 valence electrons. The van der Waals surface area contributed by atoms with Crippen LogP contribution in [-0.2, 0) is 6.42 Å². The topological polar surface area (TPSA) is 49.3 Å². The van der Waals surface area contributed by atoms with Gasteiger partial charge in [-0.25, -0.2) is 4.79 Å². The second-order valence-electron chi connectivity index (χ2n) is 3.59. The first-order valence-electron chi connectivity index (χ1n) is 4.84. The van der Waals surface area contributed by atoms with E-state index in [1.54, 1.807) is 0 Å². The van der Waals surface area contributed by atoms with Gasteiger partial charge in [0.1, 0.15) is 0 Å². The van der Waals surface area contributed by atoms with Gasteiger partial charge in [-0.1, -0.05) is 24.3 Å². The van der Waals surface area contributed by atoms with Gasteiger partial charge in [0.05, 0.1) is 6.04 Å². The van der Waals surface area contributed by atoms with E-state index in [4.69, 9.17) is 5.11 Å². The van der Waals surface area contributed by atoms with Gasteiger partial charge in [0, 0.05) is 0 Å². The monoisotopic (exact) mass is 191 g/mol. The summed E-state index contributed by atoms with van der Waals surface area (Å²) in [7, 11) is 0. The Labute approximate surface area is 82.8 Å². The minimum Gasteiger partial charge on any atom is -0.465 e. The zero-order valence-electron chi connectivity index (χ0n) is 7.86. The predicted molar refractivity (Wildman–Crippen MR) is 53.3 cm³/mol. The first-order chi connectivity index (χ1) is 6.77. The van der Waals surface area contributed by atoms with E-state index in [2.05, 4.69) is 11.4 Å². The van der Waals surface area contributed by atoms with Crippen LogP contribution in [0.4, 0.5) is 4.79 Å². The summed E-state index contributed by atoms with van der Waals surface area (Å²) in [6, 6.07) is 8.03. The van der Waals surface area contributed by atoms with E-state index in [1.165, 1.54) is 5.56 Å². The molecule has 0 spiro atoms. The number of fused-ring (bicyclic) bond motifs is 1. The smallest absolute Gasteiger partial charge is 0.405 e. The molecule has 0 heterocycles. The van der Waals surface area contributed by atoms with Crippen LogP contribution in [0.15, 0.2) is 24.3 Å². The van der Waals surface area contributed by atoms with E-state index < -0.39 is 6.09 Å². The first kappa shape index (κ1) is 9.06. The molecule has 0 saturated heterocycles. The van der Waals surface area contributed by atoms with Crippen molar-refractivity contribution in [2.45, 2.75) is 25.3 Å². The van der Waals surface area contributed by atoms with Crippen LogP contribution in [-0.4, -0.2) is 11.2 Å². The summed E-state index contributed by atoms with van der Waals surface area (Å²) in [6.07, 6.45) is 2.09. The van der Waals surface area contributed by atoms with Crippen LogP contribution in [0, 0.1) is 0 Å². The predicted octanol–water partition coefficient (Wildman–Crippen LogP) is 2.33. The number of hydrogen-bond donors (Lipinski definition) is 2. The Morgan fingerprint density at radius 1 is 1.43 bits per heavy atom. The van der Waals surface area contributed by atoms with Crippen molar-refractivity contribution in [1.29, 1.82) is 0 Å². The molecule has 1 amide bonds. The molecule has 3 heteroatoms. The van der Waals surface area contributed by atoms with Crippen LogP contribution >= 0.6 is 0 Å². The highest BCUT2D eigenvalue weighted by Crippen LogP contribution is 2.29. The molecule has 0 unspecified atom stereocenters. The van der Waals surface area contributed by atoms with Gasteiger partial charge in [-0.3, -0.25) is 0 Å². The Balaban J connectivity index is 2.26. The lowest BCUT2D eigenvalue weighted by Crippen LogP contribution is -2.29. The highest BCUT2D eigenvalue weighted by molar-refractivity contribution is 5.65. The second-order valence-corrected chi connectivity index (χ2v) is 3.59. The molecule has 1 aromatic carbocycles. The molecular weight excluding hydrogens is 178 g/mol. The molecule has 3 nitrogen and oxygen atoms in total. The van der Waals surface area contributed by atoms with Gasteiger partial charge in [0.15, 0.2) is 0 Å². The van der Waals surface area contributed by atoms with Gasteiger partial charge in [-0.05, 0) is 30.4 Å². The maximum absolute atomic E-state index is 10.6. The Bertz CT molecular complexity index is 349. The number of amides is 1. The zero-order chi connectivity index (χ0) is 9.97. The Morgan fingerprint density at radius 2 is 2.21 bits per heavy atom. The molecule has 0 aliphatic heterocycles. The standard InChI is InChI=1S/C11H13NO2/c13-11(14)12-10-7-3-5-8-4-1-2-6-9(8)10/h1-2,4,6,10,12H,3,5,7H2,(H,13,14)/t10-/m0/s1. The van der Waals surface area contributed by atoms with Crippen LogP contribution in [0.1, 0.15) is 30.0 Å². The van der Waals surface area contributed by atoms with Crippen LogP contribution in [0.25, 0.3) is 0 Å². The maximum Gasteiger partial charge on any atom is 0.405 e. The van der Waals surface area contributed by atoms with Crippen molar-refractivity contribution in [1.82, 2.24) is 5.32 Å². The van der Waals surface area contributed by atoms with Gasteiger partial charge in [-0.15, -0.1) is 0 Å². The summed E-state index contributed by atoms with van der Waals surface area (Å²) in [6.45, 7) is 0. The number of benzene rings is 1. The van der Waals surface area contributed by atoms with Crippen molar-refractivity contribution >= 4 is 6.09 Å². The third-order valence-corrected chi connectivity index (χ3v) is 2.67. The second kappa shape index (κ2) is 3.70. The highest BCUT2D eigenvalue weighted by Gasteiger charge is 2.20. The summed E-state index contributed by atoms with van der Waals surface area (Å²) in [5, 5.41) is 11.2. The molecule has 2 rings (SSSR count). The van der Waals surface area contributed by atoms with Gasteiger partial charge in [0.2, 0.25) is 0 Å². The van der Waals surface area contributed by atoms with E-state index in [9.17, 15) is 4.79 Å². The van der Waals surface area contributed by atoms with E-state index >= 15 is 0 Å². The van der Waals surface area contributed by atoms with Crippen LogP contribution in [0.2, 0.25) is 0 Å². The Morgan fingerprint density at radius 3 is 3.00 bits per heavy atom. The number of carboxylic acid groups (broad SMARTS) is 1.